The summed E-state index contributed by atoms with van der Waals surface area (Å²) in [7, 11) is 0. The molecule has 8 heteroatoms. The van der Waals surface area contributed by atoms with Crippen LogP contribution in [-0.4, -0.2) is 87.8 Å². The number of hydrogen-bond donors (Lipinski definition) is 0. The van der Waals surface area contributed by atoms with E-state index in [1.165, 1.54) is 38.5 Å². The SMILES string of the molecule is C=C(C)C(=O)OC12CC3(OCCCC4(CCC)COC4)CC(OCCCC4(CCC)COC4)(CC(OCCCC4(CCC)COC4)(C3)C1)C2. The molecule has 49 heavy (non-hydrogen) atoms. The molecule has 4 bridgehead atoms. The Morgan fingerprint density at radius 3 is 1.08 bits per heavy atom. The lowest BCUT2D eigenvalue weighted by atomic mass is 9.48. The Balaban J connectivity index is 1.19. The van der Waals surface area contributed by atoms with Crippen LogP contribution in [0.25, 0.3) is 0 Å². The average Bonchev–Trinajstić information content (AvgIpc) is 2.98. The first-order chi connectivity index (χ1) is 23.5. The summed E-state index contributed by atoms with van der Waals surface area (Å²) in [5, 5.41) is 0. The normalized spacial score (nSPS) is 34.5. The van der Waals surface area contributed by atoms with E-state index < -0.39 is 22.4 Å². The Hall–Kier alpha value is -1.03. The molecule has 0 N–H and O–H groups in total. The van der Waals surface area contributed by atoms with Crippen molar-refractivity contribution in [1.82, 2.24) is 0 Å². The van der Waals surface area contributed by atoms with Crippen LogP contribution in [0.4, 0.5) is 0 Å². The van der Waals surface area contributed by atoms with Gasteiger partial charge in [0.25, 0.3) is 0 Å². The van der Waals surface area contributed by atoms with Gasteiger partial charge < -0.3 is 33.2 Å². The topological polar surface area (TPSA) is 81.7 Å². The molecule has 3 heterocycles. The van der Waals surface area contributed by atoms with Crippen molar-refractivity contribution in [3.05, 3.63) is 12.2 Å². The second-order valence-corrected chi connectivity index (χ2v) is 18.0. The molecule has 7 fully saturated rings. The summed E-state index contributed by atoms with van der Waals surface area (Å²) in [6.07, 6.45) is 18.2. The maximum absolute atomic E-state index is 13.3. The molecule has 280 valence electrons. The summed E-state index contributed by atoms with van der Waals surface area (Å²) in [4.78, 5) is 13.3. The van der Waals surface area contributed by atoms with Crippen LogP contribution < -0.4 is 0 Å². The van der Waals surface area contributed by atoms with Gasteiger partial charge in [-0.25, -0.2) is 4.79 Å². The van der Waals surface area contributed by atoms with Gasteiger partial charge in [0.15, 0.2) is 0 Å². The molecule has 0 aromatic rings. The van der Waals surface area contributed by atoms with Crippen molar-refractivity contribution in [3.8, 4) is 0 Å². The minimum absolute atomic E-state index is 0.313. The number of ether oxygens (including phenoxy) is 7. The van der Waals surface area contributed by atoms with Gasteiger partial charge in [-0.15, -0.1) is 0 Å². The second-order valence-electron chi connectivity index (χ2n) is 18.0. The lowest BCUT2D eigenvalue weighted by molar-refractivity contribution is -0.328. The van der Waals surface area contributed by atoms with Crippen LogP contribution >= 0.6 is 0 Å². The van der Waals surface area contributed by atoms with Crippen molar-refractivity contribution < 1.29 is 38.0 Å². The highest BCUT2D eigenvalue weighted by Gasteiger charge is 2.72. The van der Waals surface area contributed by atoms with Crippen LogP contribution in [0.2, 0.25) is 0 Å². The van der Waals surface area contributed by atoms with Crippen molar-refractivity contribution in [2.24, 2.45) is 16.2 Å². The zero-order valence-electron chi connectivity index (χ0n) is 31.6. The summed E-state index contributed by atoms with van der Waals surface area (Å²) in [5.74, 6) is -0.313. The smallest absolute Gasteiger partial charge is 0.333 e. The summed E-state index contributed by atoms with van der Waals surface area (Å²) in [6, 6.07) is 0. The van der Waals surface area contributed by atoms with Crippen LogP contribution in [0, 0.1) is 16.2 Å². The molecule has 4 saturated carbocycles. The highest BCUT2D eigenvalue weighted by molar-refractivity contribution is 5.87. The number of esters is 1. The van der Waals surface area contributed by atoms with E-state index in [0.29, 0.717) is 60.9 Å². The molecule has 7 aliphatic rings. The van der Waals surface area contributed by atoms with E-state index in [0.717, 1.165) is 97.4 Å². The molecule has 0 radical (unpaired) electrons. The summed E-state index contributed by atoms with van der Waals surface area (Å²) < 4.78 is 44.8. The molecule has 7 rings (SSSR count). The maximum atomic E-state index is 13.3. The molecule has 0 atom stereocenters. The maximum Gasteiger partial charge on any atom is 0.333 e. The van der Waals surface area contributed by atoms with E-state index in [9.17, 15) is 4.79 Å². The Kier molecular flexibility index (Phi) is 11.7. The van der Waals surface area contributed by atoms with Crippen molar-refractivity contribution in [3.63, 3.8) is 0 Å². The Morgan fingerprint density at radius 1 is 0.531 bits per heavy atom. The Morgan fingerprint density at radius 2 is 0.837 bits per heavy atom. The van der Waals surface area contributed by atoms with E-state index in [4.69, 9.17) is 33.2 Å². The van der Waals surface area contributed by atoms with Gasteiger partial charge in [-0.1, -0.05) is 46.6 Å². The van der Waals surface area contributed by atoms with Crippen molar-refractivity contribution in [2.75, 3.05) is 59.5 Å². The van der Waals surface area contributed by atoms with Crippen LogP contribution in [0.5, 0.6) is 0 Å². The minimum atomic E-state index is -0.688. The van der Waals surface area contributed by atoms with Crippen molar-refractivity contribution in [2.45, 2.75) is 166 Å². The summed E-state index contributed by atoms with van der Waals surface area (Å²) in [6.45, 7) is 19.8. The fourth-order valence-electron chi connectivity index (χ4n) is 11.3. The monoisotopic (exact) mass is 688 g/mol. The van der Waals surface area contributed by atoms with Gasteiger partial charge in [0, 0.05) is 80.2 Å². The zero-order chi connectivity index (χ0) is 34.7. The zero-order valence-corrected chi connectivity index (χ0v) is 31.6. The molecule has 0 aromatic heterocycles. The van der Waals surface area contributed by atoms with E-state index in [2.05, 4.69) is 27.4 Å². The van der Waals surface area contributed by atoms with Crippen LogP contribution in [0.15, 0.2) is 12.2 Å². The standard InChI is InChI=1S/C41H68O8/c1-6-12-35(27-43-28-35)15-9-18-46-38-21-39(47-19-10-16-36(13-7-2)29-44-30-36)23-40(22-38,26-41(24-38,25-39)49-34(42)33(4)5)48-20-11-17-37(14-8-3)31-45-32-37/h4,6-32H2,1-3,5H3. The number of hydrogen-bond acceptors (Lipinski definition) is 8. The van der Waals surface area contributed by atoms with E-state index in [1.54, 1.807) is 6.92 Å². The van der Waals surface area contributed by atoms with Crippen molar-refractivity contribution in [1.29, 1.82) is 0 Å². The quantitative estimate of drug-likeness (QED) is 0.0603. The summed E-state index contributed by atoms with van der Waals surface area (Å²) >= 11 is 0. The fraction of sp³-hybridized carbons (Fsp3) is 0.927. The molecule has 4 aliphatic carbocycles. The highest BCUT2D eigenvalue weighted by atomic mass is 16.6. The molecule has 3 aliphatic heterocycles. The first kappa shape index (κ1) is 37.7. The lowest BCUT2D eigenvalue weighted by Crippen LogP contribution is -2.74. The largest absolute Gasteiger partial charge is 0.455 e. The molecule has 0 aromatic carbocycles. The molecule has 0 spiro atoms. The fourth-order valence-corrected chi connectivity index (χ4v) is 11.3. The predicted molar refractivity (Wildman–Crippen MR) is 190 cm³/mol. The number of rotatable bonds is 23. The highest BCUT2D eigenvalue weighted by Crippen LogP contribution is 2.66. The van der Waals surface area contributed by atoms with E-state index >= 15 is 0 Å². The third kappa shape index (κ3) is 8.30. The molecular weight excluding hydrogens is 620 g/mol. The van der Waals surface area contributed by atoms with Gasteiger partial charge in [-0.3, -0.25) is 0 Å². The van der Waals surface area contributed by atoms with Crippen molar-refractivity contribution >= 4 is 5.97 Å². The molecule has 0 amide bonds. The van der Waals surface area contributed by atoms with Gasteiger partial charge >= 0.3 is 5.97 Å². The first-order valence-electron chi connectivity index (χ1n) is 20.0. The van der Waals surface area contributed by atoms with E-state index in [1.807, 2.05) is 0 Å². The number of carbonyl (C=O) groups is 1. The van der Waals surface area contributed by atoms with Crippen LogP contribution in [0.1, 0.15) is 143 Å². The predicted octanol–water partition coefficient (Wildman–Crippen LogP) is 8.28. The number of carbonyl (C=O) groups excluding carboxylic acids is 1. The minimum Gasteiger partial charge on any atom is -0.455 e. The average molecular weight is 689 g/mol. The third-order valence-corrected chi connectivity index (χ3v) is 13.1. The molecule has 3 saturated heterocycles. The van der Waals surface area contributed by atoms with Gasteiger partial charge in [0.2, 0.25) is 0 Å². The lowest BCUT2D eigenvalue weighted by Gasteiger charge is -2.68. The summed E-state index contributed by atoms with van der Waals surface area (Å²) in [5.41, 5.74) is -0.660. The van der Waals surface area contributed by atoms with Gasteiger partial charge in [0.05, 0.1) is 56.4 Å². The van der Waals surface area contributed by atoms with Gasteiger partial charge in [-0.2, -0.15) is 0 Å². The second kappa shape index (κ2) is 15.1. The Bertz CT molecular complexity index is 1010. The third-order valence-electron chi connectivity index (χ3n) is 13.1. The van der Waals surface area contributed by atoms with Gasteiger partial charge in [0.1, 0.15) is 5.60 Å². The van der Waals surface area contributed by atoms with Crippen LogP contribution in [0.3, 0.4) is 0 Å². The van der Waals surface area contributed by atoms with Crippen LogP contribution in [-0.2, 0) is 38.0 Å². The Labute approximate surface area is 297 Å². The van der Waals surface area contributed by atoms with E-state index in [-0.39, 0.29) is 5.97 Å². The molecule has 0 unspecified atom stereocenters. The molecule has 8 nitrogen and oxygen atoms in total. The first-order valence-corrected chi connectivity index (χ1v) is 20.0. The molecular formula is C41H68O8. The van der Waals surface area contributed by atoms with Gasteiger partial charge in [-0.05, 0) is 64.7 Å².